The number of rotatable bonds is 9. The summed E-state index contributed by atoms with van der Waals surface area (Å²) in [6.45, 7) is 10.7. The average molecular weight is 270 g/mol. The first kappa shape index (κ1) is 15.9. The number of hydrogen-bond donors (Lipinski definition) is 1. The Morgan fingerprint density at radius 1 is 1.32 bits per heavy atom. The molecule has 2 atom stereocenters. The molecule has 0 aliphatic heterocycles. The van der Waals surface area contributed by atoms with E-state index in [9.17, 15) is 0 Å². The highest BCUT2D eigenvalue weighted by Crippen LogP contribution is 2.19. The lowest BCUT2D eigenvalue weighted by molar-refractivity contribution is 0.180. The van der Waals surface area contributed by atoms with Gasteiger partial charge in [0.25, 0.3) is 0 Å². The van der Waals surface area contributed by atoms with Crippen LogP contribution in [0.2, 0.25) is 0 Å². The number of methoxy groups -OCH3 is 1. The molecule has 0 aromatic carbocycles. The molecule has 1 rings (SSSR count). The fraction of sp³-hybridized carbons (Fsp3) is 0.846. The molecule has 2 unspecified atom stereocenters. The van der Waals surface area contributed by atoms with Gasteiger partial charge >= 0.3 is 6.01 Å². The zero-order valence-electron chi connectivity index (χ0n) is 12.6. The third kappa shape index (κ3) is 4.47. The lowest BCUT2D eigenvalue weighted by Crippen LogP contribution is -2.36. The Balaban J connectivity index is 2.70. The highest BCUT2D eigenvalue weighted by molar-refractivity contribution is 5.26. The third-order valence-electron chi connectivity index (χ3n) is 3.03. The van der Waals surface area contributed by atoms with Gasteiger partial charge in [0.2, 0.25) is 5.89 Å². The van der Waals surface area contributed by atoms with Crippen molar-refractivity contribution in [1.82, 2.24) is 15.5 Å². The quantitative estimate of drug-likeness (QED) is 0.740. The van der Waals surface area contributed by atoms with E-state index < -0.39 is 0 Å². The van der Waals surface area contributed by atoms with Gasteiger partial charge in [-0.05, 0) is 33.7 Å². The van der Waals surface area contributed by atoms with E-state index in [2.05, 4.69) is 36.3 Å². The number of ether oxygens (including phenoxy) is 1. The Kier molecular flexibility index (Phi) is 6.80. The fourth-order valence-corrected chi connectivity index (χ4v) is 1.93. The molecule has 19 heavy (non-hydrogen) atoms. The molecule has 0 fully saturated rings. The predicted octanol–water partition coefficient (Wildman–Crippen LogP) is 1.99. The fourth-order valence-electron chi connectivity index (χ4n) is 1.93. The van der Waals surface area contributed by atoms with Crippen LogP contribution in [0.5, 0.6) is 0 Å². The maximum Gasteiger partial charge on any atom is 0.318 e. The molecule has 1 aromatic heterocycles. The minimum Gasteiger partial charge on any atom is -0.406 e. The number of likely N-dealkylation sites (N-methyl/N-ethyl adjacent to an activating group) is 1. The summed E-state index contributed by atoms with van der Waals surface area (Å²) in [7, 11) is 1.69. The van der Waals surface area contributed by atoms with Crippen molar-refractivity contribution in [3.05, 3.63) is 5.89 Å². The van der Waals surface area contributed by atoms with Crippen molar-refractivity contribution < 1.29 is 9.15 Å². The molecule has 110 valence electrons. The van der Waals surface area contributed by atoms with Crippen LogP contribution in [0.3, 0.4) is 0 Å². The van der Waals surface area contributed by atoms with Crippen LogP contribution in [0.15, 0.2) is 4.42 Å². The second-order valence-corrected chi connectivity index (χ2v) is 4.69. The van der Waals surface area contributed by atoms with E-state index in [1.165, 1.54) is 0 Å². The van der Waals surface area contributed by atoms with Crippen molar-refractivity contribution in [2.45, 2.75) is 46.2 Å². The van der Waals surface area contributed by atoms with Crippen LogP contribution in [-0.4, -0.2) is 43.0 Å². The summed E-state index contributed by atoms with van der Waals surface area (Å²) in [5.41, 5.74) is 0. The van der Waals surface area contributed by atoms with E-state index in [0.717, 1.165) is 19.5 Å². The normalized spacial score (nSPS) is 14.4. The predicted molar refractivity (Wildman–Crippen MR) is 75.4 cm³/mol. The van der Waals surface area contributed by atoms with Gasteiger partial charge in [-0.15, -0.1) is 5.10 Å². The summed E-state index contributed by atoms with van der Waals surface area (Å²) in [5, 5.41) is 11.6. The van der Waals surface area contributed by atoms with E-state index in [0.29, 0.717) is 18.5 Å². The van der Waals surface area contributed by atoms with Gasteiger partial charge in [-0.25, -0.2) is 0 Å². The maximum atomic E-state index is 5.75. The van der Waals surface area contributed by atoms with E-state index in [1.807, 2.05) is 11.8 Å². The van der Waals surface area contributed by atoms with Gasteiger partial charge in [0, 0.05) is 13.7 Å². The summed E-state index contributed by atoms with van der Waals surface area (Å²) in [5.74, 6) is 0.631. The van der Waals surface area contributed by atoms with Crippen molar-refractivity contribution in [3.63, 3.8) is 0 Å². The summed E-state index contributed by atoms with van der Waals surface area (Å²) < 4.78 is 10.9. The largest absolute Gasteiger partial charge is 0.406 e. The van der Waals surface area contributed by atoms with Gasteiger partial charge < -0.3 is 19.4 Å². The highest BCUT2D eigenvalue weighted by atomic mass is 16.5. The number of anilines is 1. The van der Waals surface area contributed by atoms with Crippen LogP contribution in [0.25, 0.3) is 0 Å². The van der Waals surface area contributed by atoms with Gasteiger partial charge in [-0.3, -0.25) is 0 Å². The molecule has 1 N–H and O–H groups in total. The van der Waals surface area contributed by atoms with Crippen LogP contribution in [-0.2, 0) is 4.74 Å². The monoisotopic (exact) mass is 270 g/mol. The first-order valence-corrected chi connectivity index (χ1v) is 6.96. The highest BCUT2D eigenvalue weighted by Gasteiger charge is 2.20. The third-order valence-corrected chi connectivity index (χ3v) is 3.03. The van der Waals surface area contributed by atoms with Gasteiger partial charge in [-0.1, -0.05) is 12.0 Å². The minimum atomic E-state index is 0.0811. The molecule has 0 aliphatic carbocycles. The van der Waals surface area contributed by atoms with Crippen LogP contribution in [0.4, 0.5) is 6.01 Å². The zero-order valence-corrected chi connectivity index (χ0v) is 12.6. The maximum absolute atomic E-state index is 5.75. The Morgan fingerprint density at radius 2 is 2.05 bits per heavy atom. The van der Waals surface area contributed by atoms with E-state index in [1.54, 1.807) is 7.11 Å². The van der Waals surface area contributed by atoms with Crippen molar-refractivity contribution in [2.24, 2.45) is 0 Å². The molecule has 0 spiro atoms. The number of hydrogen-bond acceptors (Lipinski definition) is 6. The van der Waals surface area contributed by atoms with E-state index >= 15 is 0 Å². The molecule has 1 heterocycles. The lowest BCUT2D eigenvalue weighted by atomic mass is 10.3. The van der Waals surface area contributed by atoms with Crippen LogP contribution in [0.1, 0.15) is 46.0 Å². The van der Waals surface area contributed by atoms with Crippen LogP contribution < -0.4 is 10.2 Å². The molecule has 0 radical (unpaired) electrons. The molecular formula is C13H26N4O2. The number of aromatic nitrogens is 2. The molecular weight excluding hydrogens is 244 g/mol. The number of nitrogens with zero attached hydrogens (tertiary/aromatic N) is 3. The summed E-state index contributed by atoms with van der Waals surface area (Å²) in [4.78, 5) is 2.05. The van der Waals surface area contributed by atoms with Gasteiger partial charge in [0.05, 0.1) is 18.7 Å². The standard InChI is InChI=1S/C13H26N4O2/c1-6-8-14-11(4)12-15-16-13(19-12)17(7-2)10(3)9-18-5/h10-11,14H,6-9H2,1-5H3. The topological polar surface area (TPSA) is 63.4 Å². The lowest BCUT2D eigenvalue weighted by Gasteiger charge is -2.25. The Bertz CT molecular complexity index is 356. The van der Waals surface area contributed by atoms with Crippen molar-refractivity contribution in [2.75, 3.05) is 31.7 Å². The molecule has 0 saturated carbocycles. The molecule has 6 nitrogen and oxygen atoms in total. The molecule has 1 aromatic rings. The molecule has 0 aliphatic rings. The van der Waals surface area contributed by atoms with E-state index in [4.69, 9.17) is 9.15 Å². The SMILES string of the molecule is CCCNC(C)c1nnc(N(CC)C(C)COC)o1. The summed E-state index contributed by atoms with van der Waals surface area (Å²) in [6, 6.07) is 0.854. The first-order valence-electron chi connectivity index (χ1n) is 6.96. The summed E-state index contributed by atoms with van der Waals surface area (Å²) in [6.07, 6.45) is 1.08. The average Bonchev–Trinajstić information content (AvgIpc) is 2.86. The number of nitrogens with one attached hydrogen (secondary N) is 1. The van der Waals surface area contributed by atoms with Crippen molar-refractivity contribution >= 4 is 6.01 Å². The zero-order chi connectivity index (χ0) is 14.3. The minimum absolute atomic E-state index is 0.0811. The molecule has 0 amide bonds. The summed E-state index contributed by atoms with van der Waals surface area (Å²) >= 11 is 0. The molecule has 0 bridgehead atoms. The van der Waals surface area contributed by atoms with Gasteiger partial charge in [-0.2, -0.15) is 0 Å². The van der Waals surface area contributed by atoms with Crippen molar-refractivity contribution in [3.8, 4) is 0 Å². The van der Waals surface area contributed by atoms with Gasteiger partial charge in [0.1, 0.15) is 0 Å². The van der Waals surface area contributed by atoms with Crippen molar-refractivity contribution in [1.29, 1.82) is 0 Å². The van der Waals surface area contributed by atoms with Crippen LogP contribution in [0, 0.1) is 0 Å². The second-order valence-electron chi connectivity index (χ2n) is 4.69. The molecule has 6 heteroatoms. The Labute approximate surface area is 115 Å². The molecule has 0 saturated heterocycles. The first-order chi connectivity index (χ1) is 9.13. The van der Waals surface area contributed by atoms with E-state index in [-0.39, 0.29) is 12.1 Å². The van der Waals surface area contributed by atoms with Crippen LogP contribution >= 0.6 is 0 Å². The Hall–Kier alpha value is -1.14. The van der Waals surface area contributed by atoms with Gasteiger partial charge in [0.15, 0.2) is 0 Å². The second kappa shape index (κ2) is 8.12. The Morgan fingerprint density at radius 3 is 2.63 bits per heavy atom. The smallest absolute Gasteiger partial charge is 0.318 e.